The summed E-state index contributed by atoms with van der Waals surface area (Å²) in [5.41, 5.74) is 2.46. The van der Waals surface area contributed by atoms with Crippen molar-refractivity contribution in [1.82, 2.24) is 15.5 Å². The maximum atomic E-state index is 5.94. The number of aliphatic imine (C=N–C) groups is 1. The average Bonchev–Trinajstić information content (AvgIpc) is 3.32. The van der Waals surface area contributed by atoms with Gasteiger partial charge in [0.25, 0.3) is 0 Å². The molecular formula is C23H36N4O2S. The van der Waals surface area contributed by atoms with Crippen molar-refractivity contribution in [2.45, 2.75) is 33.2 Å². The maximum Gasteiger partial charge on any atom is 0.191 e. The summed E-state index contributed by atoms with van der Waals surface area (Å²) in [5, 5.41) is 11.1. The van der Waals surface area contributed by atoms with Gasteiger partial charge in [-0.25, -0.2) is 0 Å². The van der Waals surface area contributed by atoms with Gasteiger partial charge in [-0.05, 0) is 59.1 Å². The molecule has 0 amide bonds. The van der Waals surface area contributed by atoms with Crippen LogP contribution in [0.2, 0.25) is 0 Å². The minimum atomic E-state index is 0.433. The number of likely N-dealkylation sites (N-methyl/N-ethyl adjacent to an activating group) is 1. The van der Waals surface area contributed by atoms with Crippen LogP contribution in [-0.2, 0) is 6.54 Å². The van der Waals surface area contributed by atoms with Crippen LogP contribution in [-0.4, -0.2) is 57.8 Å². The Bertz CT molecular complexity index is 761. The van der Waals surface area contributed by atoms with E-state index in [4.69, 9.17) is 9.47 Å². The lowest BCUT2D eigenvalue weighted by Gasteiger charge is -2.19. The fourth-order valence-electron chi connectivity index (χ4n) is 3.10. The van der Waals surface area contributed by atoms with Crippen molar-refractivity contribution in [2.24, 2.45) is 4.99 Å². The van der Waals surface area contributed by atoms with Crippen LogP contribution in [0, 0.1) is 0 Å². The Morgan fingerprint density at radius 1 is 1.17 bits per heavy atom. The van der Waals surface area contributed by atoms with Crippen LogP contribution in [0.1, 0.15) is 37.8 Å². The van der Waals surface area contributed by atoms with Gasteiger partial charge in [-0.3, -0.25) is 4.99 Å². The molecule has 1 atom stereocenters. The van der Waals surface area contributed by atoms with Crippen molar-refractivity contribution >= 4 is 17.3 Å². The number of thiophene rings is 1. The summed E-state index contributed by atoms with van der Waals surface area (Å²) < 4.78 is 11.5. The molecule has 0 radical (unpaired) electrons. The Kier molecular flexibility index (Phi) is 10.5. The lowest BCUT2D eigenvalue weighted by Crippen LogP contribution is -2.38. The maximum absolute atomic E-state index is 5.94. The minimum absolute atomic E-state index is 0.433. The standard InChI is InChI=1S/C23H36N4O2S/c1-6-27(7-2)11-12-29-21-9-8-19(14-22(21)28-5)16-26-23(24-4)25-15-18(3)20-10-13-30-17-20/h8-10,13-14,17-18H,6-7,11-12,15-16H2,1-5H3,(H2,24,25,26). The van der Waals surface area contributed by atoms with Gasteiger partial charge in [-0.2, -0.15) is 11.3 Å². The van der Waals surface area contributed by atoms with E-state index in [-0.39, 0.29) is 0 Å². The topological polar surface area (TPSA) is 58.1 Å². The molecule has 2 rings (SSSR count). The van der Waals surface area contributed by atoms with Gasteiger partial charge in [0.1, 0.15) is 6.61 Å². The Morgan fingerprint density at radius 2 is 1.97 bits per heavy atom. The monoisotopic (exact) mass is 432 g/mol. The molecule has 6 nitrogen and oxygen atoms in total. The number of hydrogen-bond acceptors (Lipinski definition) is 5. The molecule has 0 saturated heterocycles. The summed E-state index contributed by atoms with van der Waals surface area (Å²) >= 11 is 1.73. The summed E-state index contributed by atoms with van der Waals surface area (Å²) in [5.74, 6) is 2.75. The van der Waals surface area contributed by atoms with E-state index in [0.29, 0.717) is 19.1 Å². The molecule has 1 unspecified atom stereocenters. The average molecular weight is 433 g/mol. The summed E-state index contributed by atoms with van der Waals surface area (Å²) in [6.07, 6.45) is 0. The second-order valence-electron chi connectivity index (χ2n) is 7.12. The van der Waals surface area contributed by atoms with Crippen molar-refractivity contribution in [3.05, 3.63) is 46.2 Å². The lowest BCUT2D eigenvalue weighted by molar-refractivity contribution is 0.217. The second kappa shape index (κ2) is 13.1. The third kappa shape index (κ3) is 7.54. The van der Waals surface area contributed by atoms with Crippen LogP contribution in [0.4, 0.5) is 0 Å². The Labute approximate surface area is 185 Å². The molecule has 2 aromatic rings. The highest BCUT2D eigenvalue weighted by molar-refractivity contribution is 7.07. The number of nitrogens with zero attached hydrogens (tertiary/aromatic N) is 2. The van der Waals surface area contributed by atoms with Crippen molar-refractivity contribution < 1.29 is 9.47 Å². The summed E-state index contributed by atoms with van der Waals surface area (Å²) in [6.45, 7) is 11.6. The molecular weight excluding hydrogens is 396 g/mol. The molecule has 0 spiro atoms. The van der Waals surface area contributed by atoms with Gasteiger partial charge < -0.3 is 25.0 Å². The van der Waals surface area contributed by atoms with E-state index in [2.05, 4.69) is 64.2 Å². The van der Waals surface area contributed by atoms with E-state index < -0.39 is 0 Å². The first kappa shape index (κ1) is 24.0. The first-order valence-corrected chi connectivity index (χ1v) is 11.5. The summed E-state index contributed by atoms with van der Waals surface area (Å²) in [6, 6.07) is 8.22. The first-order chi connectivity index (χ1) is 14.6. The van der Waals surface area contributed by atoms with Gasteiger partial charge >= 0.3 is 0 Å². The molecule has 0 saturated carbocycles. The van der Waals surface area contributed by atoms with Gasteiger partial charge in [0.15, 0.2) is 17.5 Å². The number of guanidine groups is 1. The van der Waals surface area contributed by atoms with Crippen LogP contribution in [0.3, 0.4) is 0 Å². The predicted molar refractivity (Wildman–Crippen MR) is 127 cm³/mol. The zero-order chi connectivity index (χ0) is 21.8. The number of nitrogens with one attached hydrogen (secondary N) is 2. The van der Waals surface area contributed by atoms with Crippen molar-refractivity contribution in [1.29, 1.82) is 0 Å². The van der Waals surface area contributed by atoms with E-state index in [9.17, 15) is 0 Å². The van der Waals surface area contributed by atoms with Crippen LogP contribution in [0.15, 0.2) is 40.0 Å². The Morgan fingerprint density at radius 3 is 2.60 bits per heavy atom. The van der Waals surface area contributed by atoms with Crippen molar-refractivity contribution in [3.63, 3.8) is 0 Å². The lowest BCUT2D eigenvalue weighted by atomic mass is 10.1. The zero-order valence-corrected chi connectivity index (χ0v) is 19.7. The Hall–Kier alpha value is -2.25. The predicted octanol–water partition coefficient (Wildman–Crippen LogP) is 3.95. The molecule has 0 aliphatic heterocycles. The zero-order valence-electron chi connectivity index (χ0n) is 18.9. The fourth-order valence-corrected chi connectivity index (χ4v) is 3.88. The van der Waals surface area contributed by atoms with Crippen LogP contribution in [0.25, 0.3) is 0 Å². The Balaban J connectivity index is 1.85. The number of benzene rings is 1. The van der Waals surface area contributed by atoms with Gasteiger partial charge in [0, 0.05) is 26.7 Å². The largest absolute Gasteiger partial charge is 0.493 e. The van der Waals surface area contributed by atoms with Crippen LogP contribution >= 0.6 is 11.3 Å². The molecule has 0 fully saturated rings. The van der Waals surface area contributed by atoms with E-state index in [1.54, 1.807) is 25.5 Å². The smallest absolute Gasteiger partial charge is 0.191 e. The highest BCUT2D eigenvalue weighted by atomic mass is 32.1. The van der Waals surface area contributed by atoms with Crippen LogP contribution in [0.5, 0.6) is 11.5 Å². The molecule has 2 N–H and O–H groups in total. The van der Waals surface area contributed by atoms with Crippen molar-refractivity contribution in [3.8, 4) is 11.5 Å². The molecule has 0 aliphatic carbocycles. The highest BCUT2D eigenvalue weighted by Gasteiger charge is 2.09. The number of hydrogen-bond donors (Lipinski definition) is 2. The summed E-state index contributed by atoms with van der Waals surface area (Å²) in [4.78, 5) is 6.66. The molecule has 1 heterocycles. The summed E-state index contributed by atoms with van der Waals surface area (Å²) in [7, 11) is 3.47. The van der Waals surface area contributed by atoms with Gasteiger partial charge in [0.05, 0.1) is 7.11 Å². The van der Waals surface area contributed by atoms with E-state index in [1.807, 2.05) is 12.1 Å². The quantitative estimate of drug-likeness (QED) is 0.393. The number of rotatable bonds is 12. The number of methoxy groups -OCH3 is 1. The molecule has 0 aliphatic rings. The second-order valence-corrected chi connectivity index (χ2v) is 7.90. The first-order valence-electron chi connectivity index (χ1n) is 10.6. The van der Waals surface area contributed by atoms with Crippen molar-refractivity contribution in [2.75, 3.05) is 46.9 Å². The molecule has 1 aromatic heterocycles. The molecule has 166 valence electrons. The molecule has 7 heteroatoms. The fraction of sp³-hybridized carbons (Fsp3) is 0.522. The third-order valence-corrected chi connectivity index (χ3v) is 5.86. The van der Waals surface area contributed by atoms with E-state index in [0.717, 1.165) is 49.2 Å². The molecule has 1 aromatic carbocycles. The van der Waals surface area contributed by atoms with E-state index >= 15 is 0 Å². The minimum Gasteiger partial charge on any atom is -0.493 e. The highest BCUT2D eigenvalue weighted by Crippen LogP contribution is 2.28. The van der Waals surface area contributed by atoms with Gasteiger partial charge in [0.2, 0.25) is 0 Å². The normalized spacial score (nSPS) is 12.7. The van der Waals surface area contributed by atoms with Crippen LogP contribution < -0.4 is 20.1 Å². The van der Waals surface area contributed by atoms with Gasteiger partial charge in [-0.15, -0.1) is 0 Å². The third-order valence-electron chi connectivity index (χ3n) is 5.16. The molecule has 0 bridgehead atoms. The molecule has 30 heavy (non-hydrogen) atoms. The van der Waals surface area contributed by atoms with Gasteiger partial charge in [-0.1, -0.05) is 26.8 Å². The van der Waals surface area contributed by atoms with E-state index in [1.165, 1.54) is 5.56 Å². The SMILES string of the molecule is CCN(CC)CCOc1ccc(CNC(=NC)NCC(C)c2ccsc2)cc1OC. The number of ether oxygens (including phenoxy) is 2.